The van der Waals surface area contributed by atoms with Crippen molar-refractivity contribution in [3.05, 3.63) is 23.2 Å². The van der Waals surface area contributed by atoms with Gasteiger partial charge in [0.05, 0.1) is 0 Å². The van der Waals surface area contributed by atoms with Gasteiger partial charge in [0.1, 0.15) is 0 Å². The first-order valence-electron chi connectivity index (χ1n) is 5.46. The first kappa shape index (κ1) is 12.5. The summed E-state index contributed by atoms with van der Waals surface area (Å²) in [6.07, 6.45) is 6.97. The van der Waals surface area contributed by atoms with Gasteiger partial charge in [0.15, 0.2) is 7.28 Å². The van der Waals surface area contributed by atoms with Crippen LogP contribution in [0.25, 0.3) is 0 Å². The van der Waals surface area contributed by atoms with Crippen LogP contribution < -0.4 is 0 Å². The molecular formula is C12H23B. The number of hydrogen-bond acceptors (Lipinski definition) is 0. The fourth-order valence-electron chi connectivity index (χ4n) is 1.69. The third-order valence-electron chi connectivity index (χ3n) is 2.63. The summed E-state index contributed by atoms with van der Waals surface area (Å²) in [5, 5.41) is 0. The van der Waals surface area contributed by atoms with Crippen molar-refractivity contribution in [3.8, 4) is 0 Å². The minimum absolute atomic E-state index is 0.723. The second-order valence-electron chi connectivity index (χ2n) is 3.78. The van der Waals surface area contributed by atoms with Crippen LogP contribution in [-0.4, -0.2) is 7.28 Å². The summed E-state index contributed by atoms with van der Waals surface area (Å²) in [5.74, 6) is 0.723. The summed E-state index contributed by atoms with van der Waals surface area (Å²) in [5.41, 5.74) is 3.12. The molecule has 0 aromatic heterocycles. The molecular weight excluding hydrogens is 155 g/mol. The SMILES string of the molecule is C/C=C(/C)BC(C)/C(=C/CC)CC. The van der Waals surface area contributed by atoms with Gasteiger partial charge in [-0.2, -0.15) is 0 Å². The number of rotatable bonds is 5. The molecule has 0 aliphatic carbocycles. The quantitative estimate of drug-likeness (QED) is 0.442. The lowest BCUT2D eigenvalue weighted by molar-refractivity contribution is 0.943. The van der Waals surface area contributed by atoms with E-state index in [0.717, 1.165) is 5.82 Å². The summed E-state index contributed by atoms with van der Waals surface area (Å²) >= 11 is 0. The fourth-order valence-corrected chi connectivity index (χ4v) is 1.69. The molecule has 0 aliphatic rings. The molecule has 0 amide bonds. The second kappa shape index (κ2) is 7.00. The predicted molar refractivity (Wildman–Crippen MR) is 64.7 cm³/mol. The van der Waals surface area contributed by atoms with Crippen molar-refractivity contribution in [2.75, 3.05) is 0 Å². The van der Waals surface area contributed by atoms with Gasteiger partial charge in [0.2, 0.25) is 0 Å². The van der Waals surface area contributed by atoms with Gasteiger partial charge in [-0.1, -0.05) is 45.4 Å². The molecule has 0 fully saturated rings. The molecule has 1 atom stereocenters. The van der Waals surface area contributed by atoms with Gasteiger partial charge in [0.25, 0.3) is 0 Å². The zero-order valence-corrected chi connectivity index (χ0v) is 9.85. The van der Waals surface area contributed by atoms with Crippen LogP contribution in [0.15, 0.2) is 23.2 Å². The molecule has 0 nitrogen and oxygen atoms in total. The molecule has 0 saturated heterocycles. The third-order valence-corrected chi connectivity index (χ3v) is 2.63. The summed E-state index contributed by atoms with van der Waals surface area (Å²) in [6, 6.07) is 0. The van der Waals surface area contributed by atoms with Crippen molar-refractivity contribution >= 4 is 7.28 Å². The van der Waals surface area contributed by atoms with Gasteiger partial charge in [-0.15, -0.1) is 5.47 Å². The van der Waals surface area contributed by atoms with Crippen LogP contribution in [0.2, 0.25) is 5.82 Å². The highest BCUT2D eigenvalue weighted by Gasteiger charge is 2.08. The molecule has 0 bridgehead atoms. The van der Waals surface area contributed by atoms with Crippen LogP contribution >= 0.6 is 0 Å². The molecule has 0 aromatic rings. The maximum atomic E-state index is 2.38. The van der Waals surface area contributed by atoms with Crippen LogP contribution in [0, 0.1) is 0 Å². The first-order valence-corrected chi connectivity index (χ1v) is 5.46. The van der Waals surface area contributed by atoms with E-state index in [2.05, 4.69) is 46.8 Å². The van der Waals surface area contributed by atoms with Crippen LogP contribution in [0.3, 0.4) is 0 Å². The number of allylic oxidation sites excluding steroid dienone is 4. The van der Waals surface area contributed by atoms with E-state index in [4.69, 9.17) is 0 Å². The summed E-state index contributed by atoms with van der Waals surface area (Å²) in [6.45, 7) is 11.1. The molecule has 74 valence electrons. The van der Waals surface area contributed by atoms with Gasteiger partial charge >= 0.3 is 0 Å². The van der Waals surface area contributed by atoms with Crippen molar-refractivity contribution in [3.63, 3.8) is 0 Å². The molecule has 0 saturated carbocycles. The monoisotopic (exact) mass is 178 g/mol. The first-order chi connectivity index (χ1) is 6.15. The van der Waals surface area contributed by atoms with Crippen molar-refractivity contribution in [1.82, 2.24) is 0 Å². The van der Waals surface area contributed by atoms with E-state index in [9.17, 15) is 0 Å². The average molecular weight is 178 g/mol. The summed E-state index contributed by atoms with van der Waals surface area (Å²) in [4.78, 5) is 0. The van der Waals surface area contributed by atoms with Crippen molar-refractivity contribution in [1.29, 1.82) is 0 Å². The molecule has 0 aliphatic heterocycles. The highest BCUT2D eigenvalue weighted by Crippen LogP contribution is 2.21. The predicted octanol–water partition coefficient (Wildman–Crippen LogP) is 3.90. The van der Waals surface area contributed by atoms with Gasteiger partial charge < -0.3 is 0 Å². The van der Waals surface area contributed by atoms with E-state index in [-0.39, 0.29) is 0 Å². The lowest BCUT2D eigenvalue weighted by atomic mass is 9.57. The molecule has 0 N–H and O–H groups in total. The Morgan fingerprint density at radius 3 is 2.38 bits per heavy atom. The molecule has 0 radical (unpaired) electrons. The van der Waals surface area contributed by atoms with Crippen molar-refractivity contribution < 1.29 is 0 Å². The van der Waals surface area contributed by atoms with Crippen LogP contribution in [0.5, 0.6) is 0 Å². The van der Waals surface area contributed by atoms with Gasteiger partial charge in [0, 0.05) is 0 Å². The van der Waals surface area contributed by atoms with Crippen LogP contribution in [-0.2, 0) is 0 Å². The minimum Gasteiger partial charge on any atom is -0.112 e. The van der Waals surface area contributed by atoms with E-state index in [1.165, 1.54) is 25.6 Å². The molecule has 0 heterocycles. The van der Waals surface area contributed by atoms with Gasteiger partial charge in [-0.25, -0.2) is 0 Å². The Balaban J connectivity index is 4.22. The van der Waals surface area contributed by atoms with Crippen LogP contribution in [0.4, 0.5) is 0 Å². The van der Waals surface area contributed by atoms with Gasteiger partial charge in [-0.3, -0.25) is 0 Å². The maximum Gasteiger partial charge on any atom is 0.158 e. The topological polar surface area (TPSA) is 0 Å². The Bertz CT molecular complexity index is 189. The van der Waals surface area contributed by atoms with Crippen molar-refractivity contribution in [2.45, 2.75) is 53.3 Å². The second-order valence-corrected chi connectivity index (χ2v) is 3.78. The molecule has 1 unspecified atom stereocenters. The Hall–Kier alpha value is -0.455. The van der Waals surface area contributed by atoms with E-state index >= 15 is 0 Å². The van der Waals surface area contributed by atoms with E-state index < -0.39 is 0 Å². The highest BCUT2D eigenvalue weighted by atomic mass is 14.0. The molecule has 13 heavy (non-hydrogen) atoms. The largest absolute Gasteiger partial charge is 0.158 e. The smallest absolute Gasteiger partial charge is 0.112 e. The maximum absolute atomic E-state index is 2.38. The normalized spacial score (nSPS) is 15.8. The van der Waals surface area contributed by atoms with Crippen molar-refractivity contribution in [2.24, 2.45) is 0 Å². The highest BCUT2D eigenvalue weighted by molar-refractivity contribution is 6.47. The fraction of sp³-hybridized carbons (Fsp3) is 0.667. The zero-order chi connectivity index (χ0) is 10.3. The van der Waals surface area contributed by atoms with Crippen LogP contribution in [0.1, 0.15) is 47.5 Å². The Morgan fingerprint density at radius 2 is 2.00 bits per heavy atom. The Morgan fingerprint density at radius 1 is 1.38 bits per heavy atom. The van der Waals surface area contributed by atoms with E-state index in [0.29, 0.717) is 0 Å². The summed E-state index contributed by atoms with van der Waals surface area (Å²) in [7, 11) is 1.22. The number of hydrogen-bond donors (Lipinski definition) is 0. The van der Waals surface area contributed by atoms with E-state index in [1.807, 2.05) is 0 Å². The van der Waals surface area contributed by atoms with Gasteiger partial charge in [-0.05, 0) is 25.6 Å². The lowest BCUT2D eigenvalue weighted by Crippen LogP contribution is -2.04. The molecule has 0 rings (SSSR count). The van der Waals surface area contributed by atoms with E-state index in [1.54, 1.807) is 5.57 Å². The molecule has 0 aromatic carbocycles. The Labute approximate surface area is 84.4 Å². The minimum atomic E-state index is 0.723. The average Bonchev–Trinajstić information content (AvgIpc) is 2.13. The summed E-state index contributed by atoms with van der Waals surface area (Å²) < 4.78 is 0. The standard InChI is InChI=1S/C12H23B/c1-6-9-12(8-3)11(5)13-10(4)7-2/h7,9,11,13H,6,8H2,1-5H3/b10-7-,12-9+. The third kappa shape index (κ3) is 4.97. The Kier molecular flexibility index (Phi) is 6.75. The molecule has 0 spiro atoms. The zero-order valence-electron chi connectivity index (χ0n) is 9.85. The molecule has 1 heteroatoms. The lowest BCUT2D eigenvalue weighted by Gasteiger charge is -2.13.